The minimum atomic E-state index is 0.976. The fourth-order valence-corrected chi connectivity index (χ4v) is 2.74. The molecule has 0 unspecified atom stereocenters. The summed E-state index contributed by atoms with van der Waals surface area (Å²) in [6.45, 7) is 10.1. The minimum absolute atomic E-state index is 0.976. The third-order valence-electron chi connectivity index (χ3n) is 4.28. The molecule has 0 spiro atoms. The summed E-state index contributed by atoms with van der Waals surface area (Å²) in [6, 6.07) is 8.51. The monoisotopic (exact) mass is 314 g/mol. The van der Waals surface area contributed by atoms with Gasteiger partial charge in [-0.05, 0) is 32.9 Å². The SMILES string of the molecule is CCCCN(CCCC)CCc1[nH]nnc1-c1ccc(C)cc1. The molecule has 0 bridgehead atoms. The van der Waals surface area contributed by atoms with Crippen molar-refractivity contribution in [1.82, 2.24) is 20.3 Å². The van der Waals surface area contributed by atoms with Gasteiger partial charge in [0.25, 0.3) is 0 Å². The van der Waals surface area contributed by atoms with Crippen LogP contribution in [-0.2, 0) is 6.42 Å². The van der Waals surface area contributed by atoms with Crippen LogP contribution in [-0.4, -0.2) is 39.9 Å². The van der Waals surface area contributed by atoms with Gasteiger partial charge in [-0.2, -0.15) is 0 Å². The lowest BCUT2D eigenvalue weighted by Crippen LogP contribution is -2.28. The average molecular weight is 314 g/mol. The van der Waals surface area contributed by atoms with E-state index in [2.05, 4.69) is 65.3 Å². The van der Waals surface area contributed by atoms with Crippen LogP contribution in [0.25, 0.3) is 11.3 Å². The zero-order chi connectivity index (χ0) is 16.5. The van der Waals surface area contributed by atoms with E-state index in [-0.39, 0.29) is 0 Å². The van der Waals surface area contributed by atoms with Gasteiger partial charge in [0, 0.05) is 18.5 Å². The normalized spacial score (nSPS) is 11.3. The van der Waals surface area contributed by atoms with Crippen molar-refractivity contribution in [1.29, 1.82) is 0 Å². The second-order valence-electron chi connectivity index (χ2n) is 6.30. The number of aromatic amines is 1. The lowest BCUT2D eigenvalue weighted by molar-refractivity contribution is 0.267. The largest absolute Gasteiger partial charge is 0.303 e. The van der Waals surface area contributed by atoms with Crippen molar-refractivity contribution in [3.8, 4) is 11.3 Å². The van der Waals surface area contributed by atoms with E-state index in [0.717, 1.165) is 29.9 Å². The van der Waals surface area contributed by atoms with Crippen LogP contribution in [0.2, 0.25) is 0 Å². The Morgan fingerprint density at radius 3 is 2.22 bits per heavy atom. The Morgan fingerprint density at radius 1 is 0.957 bits per heavy atom. The molecular formula is C19H30N4. The Kier molecular flexibility index (Phi) is 7.27. The number of rotatable bonds is 10. The predicted molar refractivity (Wildman–Crippen MR) is 96.5 cm³/mol. The Morgan fingerprint density at radius 2 is 1.61 bits per heavy atom. The molecule has 0 aliphatic heterocycles. The van der Waals surface area contributed by atoms with Gasteiger partial charge in [0.15, 0.2) is 0 Å². The third kappa shape index (κ3) is 5.47. The highest BCUT2D eigenvalue weighted by Crippen LogP contribution is 2.20. The van der Waals surface area contributed by atoms with E-state index >= 15 is 0 Å². The van der Waals surface area contributed by atoms with Gasteiger partial charge in [0.1, 0.15) is 5.69 Å². The number of nitrogens with one attached hydrogen (secondary N) is 1. The average Bonchev–Trinajstić information content (AvgIpc) is 3.03. The van der Waals surface area contributed by atoms with Gasteiger partial charge in [-0.15, -0.1) is 5.10 Å². The summed E-state index contributed by atoms with van der Waals surface area (Å²) < 4.78 is 0. The molecule has 0 atom stereocenters. The highest BCUT2D eigenvalue weighted by molar-refractivity contribution is 5.61. The van der Waals surface area contributed by atoms with Crippen LogP contribution in [0, 0.1) is 6.92 Å². The number of hydrogen-bond acceptors (Lipinski definition) is 3. The van der Waals surface area contributed by atoms with E-state index in [4.69, 9.17) is 0 Å². The molecular weight excluding hydrogens is 284 g/mol. The molecule has 0 saturated heterocycles. The van der Waals surface area contributed by atoms with Crippen molar-refractivity contribution in [3.63, 3.8) is 0 Å². The number of unbranched alkanes of at least 4 members (excludes halogenated alkanes) is 2. The first-order valence-corrected chi connectivity index (χ1v) is 8.94. The van der Waals surface area contributed by atoms with Crippen molar-refractivity contribution in [2.24, 2.45) is 0 Å². The van der Waals surface area contributed by atoms with Crippen LogP contribution in [0.3, 0.4) is 0 Å². The van der Waals surface area contributed by atoms with Crippen LogP contribution < -0.4 is 0 Å². The number of hydrogen-bond donors (Lipinski definition) is 1. The van der Waals surface area contributed by atoms with Crippen LogP contribution in [0.15, 0.2) is 24.3 Å². The van der Waals surface area contributed by atoms with E-state index < -0.39 is 0 Å². The molecule has 0 saturated carbocycles. The number of aromatic nitrogens is 3. The highest BCUT2D eigenvalue weighted by Gasteiger charge is 2.11. The van der Waals surface area contributed by atoms with Crippen molar-refractivity contribution in [3.05, 3.63) is 35.5 Å². The number of aryl methyl sites for hydroxylation is 1. The number of H-pyrrole nitrogens is 1. The smallest absolute Gasteiger partial charge is 0.116 e. The summed E-state index contributed by atoms with van der Waals surface area (Å²) in [5.41, 5.74) is 4.56. The Balaban J connectivity index is 1.99. The number of nitrogens with zero attached hydrogens (tertiary/aromatic N) is 3. The molecule has 4 nitrogen and oxygen atoms in total. The maximum Gasteiger partial charge on any atom is 0.116 e. The van der Waals surface area contributed by atoms with E-state index in [1.54, 1.807) is 0 Å². The Hall–Kier alpha value is -1.68. The molecule has 4 heteroatoms. The van der Waals surface area contributed by atoms with E-state index in [1.807, 2.05) is 0 Å². The van der Waals surface area contributed by atoms with Crippen LogP contribution >= 0.6 is 0 Å². The van der Waals surface area contributed by atoms with E-state index in [1.165, 1.54) is 44.3 Å². The zero-order valence-corrected chi connectivity index (χ0v) is 14.8. The molecule has 1 N–H and O–H groups in total. The molecule has 2 aromatic rings. The van der Waals surface area contributed by atoms with E-state index in [9.17, 15) is 0 Å². The van der Waals surface area contributed by atoms with Crippen LogP contribution in [0.1, 0.15) is 50.8 Å². The first-order valence-electron chi connectivity index (χ1n) is 8.94. The van der Waals surface area contributed by atoms with Gasteiger partial charge >= 0.3 is 0 Å². The standard InChI is InChI=1S/C19H30N4/c1-4-6-13-23(14-7-5-2)15-12-18-19(21-22-20-18)17-10-8-16(3)9-11-17/h8-11H,4-7,12-15H2,1-3H3,(H,20,21,22). The second-order valence-corrected chi connectivity index (χ2v) is 6.30. The topological polar surface area (TPSA) is 44.8 Å². The van der Waals surface area contributed by atoms with Gasteiger partial charge in [0.05, 0.1) is 5.69 Å². The highest BCUT2D eigenvalue weighted by atomic mass is 15.3. The minimum Gasteiger partial charge on any atom is -0.303 e. The molecule has 1 aromatic heterocycles. The third-order valence-corrected chi connectivity index (χ3v) is 4.28. The van der Waals surface area contributed by atoms with Gasteiger partial charge in [-0.3, -0.25) is 5.10 Å². The summed E-state index contributed by atoms with van der Waals surface area (Å²) in [7, 11) is 0. The predicted octanol–water partition coefficient (Wildman–Crippen LogP) is 4.22. The second kappa shape index (κ2) is 9.46. The van der Waals surface area contributed by atoms with Gasteiger partial charge in [0.2, 0.25) is 0 Å². The Labute approximate surface area is 140 Å². The summed E-state index contributed by atoms with van der Waals surface area (Å²) in [5, 5.41) is 11.4. The quantitative estimate of drug-likeness (QED) is 0.714. The Bertz CT molecular complexity index is 551. The van der Waals surface area contributed by atoms with Crippen molar-refractivity contribution < 1.29 is 0 Å². The molecule has 1 heterocycles. The van der Waals surface area contributed by atoms with E-state index in [0.29, 0.717) is 0 Å². The van der Waals surface area contributed by atoms with Crippen LogP contribution in [0.4, 0.5) is 0 Å². The molecule has 0 aliphatic carbocycles. The molecule has 2 rings (SSSR count). The van der Waals surface area contributed by atoms with Crippen molar-refractivity contribution in [2.75, 3.05) is 19.6 Å². The fraction of sp³-hybridized carbons (Fsp3) is 0.579. The van der Waals surface area contributed by atoms with Crippen molar-refractivity contribution >= 4 is 0 Å². The first kappa shape index (κ1) is 17.7. The van der Waals surface area contributed by atoms with Crippen molar-refractivity contribution in [2.45, 2.75) is 52.9 Å². The summed E-state index contributed by atoms with van der Waals surface area (Å²) >= 11 is 0. The van der Waals surface area contributed by atoms with Gasteiger partial charge in [-0.25, -0.2) is 0 Å². The lowest BCUT2D eigenvalue weighted by Gasteiger charge is -2.21. The molecule has 0 radical (unpaired) electrons. The zero-order valence-electron chi connectivity index (χ0n) is 14.8. The molecule has 0 fully saturated rings. The fourth-order valence-electron chi connectivity index (χ4n) is 2.74. The number of benzene rings is 1. The summed E-state index contributed by atoms with van der Waals surface area (Å²) in [5.74, 6) is 0. The van der Waals surface area contributed by atoms with Gasteiger partial charge < -0.3 is 4.90 Å². The molecule has 1 aromatic carbocycles. The van der Waals surface area contributed by atoms with Crippen LogP contribution in [0.5, 0.6) is 0 Å². The molecule has 126 valence electrons. The molecule has 0 aliphatic rings. The molecule has 23 heavy (non-hydrogen) atoms. The first-order chi connectivity index (χ1) is 11.2. The maximum absolute atomic E-state index is 4.29. The summed E-state index contributed by atoms with van der Waals surface area (Å²) in [4.78, 5) is 2.58. The molecule has 0 amide bonds. The van der Waals surface area contributed by atoms with Gasteiger partial charge in [-0.1, -0.05) is 61.7 Å². The maximum atomic E-state index is 4.29. The summed E-state index contributed by atoms with van der Waals surface area (Å²) in [6.07, 6.45) is 6.03. The lowest BCUT2D eigenvalue weighted by atomic mass is 10.1.